The fraction of sp³-hybridized carbons (Fsp3) is 0.571. The molecule has 22 heavy (non-hydrogen) atoms. The number of hydrogen-bond donors (Lipinski definition) is 2. The number of carbonyl (C=O) groups is 2. The van der Waals surface area contributed by atoms with Crippen LogP contribution in [-0.4, -0.2) is 36.0 Å². The largest absolute Gasteiger partial charge is 0.466 e. The summed E-state index contributed by atoms with van der Waals surface area (Å²) in [4.78, 5) is 23.0. The van der Waals surface area contributed by atoms with Gasteiger partial charge in [0.1, 0.15) is 0 Å². The summed E-state index contributed by atoms with van der Waals surface area (Å²) in [7, 11) is 0. The Morgan fingerprint density at radius 2 is 1.95 bits per heavy atom. The number of allylic oxidation sites excluding steroid dienone is 2. The fourth-order valence-electron chi connectivity index (χ4n) is 1.85. The van der Waals surface area contributed by atoms with Crippen LogP contribution in [0.25, 0.3) is 0 Å². The maximum atomic E-state index is 11.7. The van der Waals surface area contributed by atoms with Gasteiger partial charge in [0, 0.05) is 6.42 Å². The molecule has 0 spiro atoms. The minimum absolute atomic E-state index is 0. The molecule has 0 radical (unpaired) electrons. The van der Waals surface area contributed by atoms with E-state index in [1.807, 2.05) is 0 Å². The van der Waals surface area contributed by atoms with Crippen molar-refractivity contribution >= 4 is 24.3 Å². The second-order valence-electron chi connectivity index (χ2n) is 4.38. The number of esters is 2. The van der Waals surface area contributed by atoms with Gasteiger partial charge in [-0.15, -0.1) is 12.4 Å². The van der Waals surface area contributed by atoms with Crippen LogP contribution in [0.5, 0.6) is 0 Å². The molecule has 0 aromatic heterocycles. The summed E-state index contributed by atoms with van der Waals surface area (Å²) in [5.41, 5.74) is 6.21. The van der Waals surface area contributed by atoms with Crippen LogP contribution in [0, 0.1) is 0 Å². The van der Waals surface area contributed by atoms with Gasteiger partial charge in [-0.2, -0.15) is 0 Å². The first-order valence-electron chi connectivity index (χ1n) is 6.84. The molecule has 1 atom stereocenters. The van der Waals surface area contributed by atoms with E-state index >= 15 is 0 Å². The molecule has 1 aliphatic heterocycles. The van der Waals surface area contributed by atoms with Crippen LogP contribution in [0.2, 0.25) is 0 Å². The molecule has 7 nitrogen and oxygen atoms in total. The van der Waals surface area contributed by atoms with Gasteiger partial charge < -0.3 is 25.1 Å². The average molecular weight is 336 g/mol. The predicted octanol–water partition coefficient (Wildman–Crippen LogP) is 1.15. The summed E-state index contributed by atoms with van der Waals surface area (Å²) in [6, 6.07) is 0. The van der Waals surface area contributed by atoms with Gasteiger partial charge in [-0.3, -0.25) is 4.79 Å². The Balaban J connectivity index is 0.00000441. The Kier molecular flexibility index (Phi) is 8.59. The molecule has 1 aliphatic rings. The lowest BCUT2D eigenvalue weighted by atomic mass is 10.00. The standard InChI is InChI=1S/C14H21NO6.ClH/c1-3-19-11(16)7-5-6-10-8-9-21-14(18,12(10)15)13(17)20-4-2;/h8-9,18H,3-7,15H2,1-2H3;1H. The molecule has 0 amide bonds. The summed E-state index contributed by atoms with van der Waals surface area (Å²) >= 11 is 0. The minimum Gasteiger partial charge on any atom is -0.466 e. The number of ether oxygens (including phenoxy) is 3. The molecular weight excluding hydrogens is 314 g/mol. The Labute approximate surface area is 135 Å². The molecule has 0 aromatic rings. The third-order valence-electron chi connectivity index (χ3n) is 2.90. The maximum Gasteiger partial charge on any atom is 0.386 e. The summed E-state index contributed by atoms with van der Waals surface area (Å²) in [5.74, 6) is -3.56. The highest BCUT2D eigenvalue weighted by Gasteiger charge is 2.45. The molecule has 1 heterocycles. The first kappa shape index (κ1) is 20.3. The molecule has 8 heteroatoms. The third kappa shape index (κ3) is 4.92. The molecule has 1 rings (SSSR count). The number of carbonyl (C=O) groups excluding carboxylic acids is 2. The van der Waals surface area contributed by atoms with Gasteiger partial charge in [0.05, 0.1) is 25.2 Å². The van der Waals surface area contributed by atoms with Gasteiger partial charge >= 0.3 is 17.7 Å². The Hall–Kier alpha value is -1.73. The zero-order valence-electron chi connectivity index (χ0n) is 12.7. The van der Waals surface area contributed by atoms with Gasteiger partial charge in [-0.05, 0) is 38.3 Å². The first-order chi connectivity index (χ1) is 9.95. The summed E-state index contributed by atoms with van der Waals surface area (Å²) in [5, 5.41) is 10.2. The number of hydrogen-bond acceptors (Lipinski definition) is 7. The van der Waals surface area contributed by atoms with Crippen LogP contribution < -0.4 is 5.73 Å². The van der Waals surface area contributed by atoms with Gasteiger partial charge in [0.25, 0.3) is 0 Å². The molecule has 0 aliphatic carbocycles. The van der Waals surface area contributed by atoms with Gasteiger partial charge in [0.15, 0.2) is 0 Å². The van der Waals surface area contributed by atoms with Crippen LogP contribution in [0.4, 0.5) is 0 Å². The lowest BCUT2D eigenvalue weighted by Gasteiger charge is -2.29. The maximum absolute atomic E-state index is 11.7. The molecule has 3 N–H and O–H groups in total. The van der Waals surface area contributed by atoms with E-state index in [1.165, 1.54) is 6.26 Å². The topological polar surface area (TPSA) is 108 Å². The van der Waals surface area contributed by atoms with E-state index in [1.54, 1.807) is 19.9 Å². The Bertz CT molecular complexity index is 462. The van der Waals surface area contributed by atoms with Crippen LogP contribution in [0.3, 0.4) is 0 Å². The van der Waals surface area contributed by atoms with Crippen molar-refractivity contribution in [1.29, 1.82) is 0 Å². The van der Waals surface area contributed by atoms with Crippen LogP contribution in [0.1, 0.15) is 33.1 Å². The van der Waals surface area contributed by atoms with E-state index in [0.29, 0.717) is 25.0 Å². The number of rotatable bonds is 7. The summed E-state index contributed by atoms with van der Waals surface area (Å²) in [6.07, 6.45) is 3.86. The second kappa shape index (κ2) is 9.32. The second-order valence-corrected chi connectivity index (χ2v) is 4.38. The molecular formula is C14H22ClNO6. The van der Waals surface area contributed by atoms with E-state index in [0.717, 1.165) is 0 Å². The van der Waals surface area contributed by atoms with Gasteiger partial charge in [-0.1, -0.05) is 0 Å². The van der Waals surface area contributed by atoms with Gasteiger partial charge in [-0.25, -0.2) is 4.79 Å². The van der Waals surface area contributed by atoms with E-state index in [2.05, 4.69) is 0 Å². The van der Waals surface area contributed by atoms with E-state index in [-0.39, 0.29) is 37.1 Å². The van der Waals surface area contributed by atoms with Crippen LogP contribution >= 0.6 is 12.4 Å². The van der Waals surface area contributed by atoms with E-state index in [9.17, 15) is 14.7 Å². The van der Waals surface area contributed by atoms with E-state index < -0.39 is 11.8 Å². The molecule has 126 valence electrons. The number of nitrogens with two attached hydrogens (primary N) is 1. The number of aliphatic hydroxyl groups is 1. The predicted molar refractivity (Wildman–Crippen MR) is 80.8 cm³/mol. The van der Waals surface area contributed by atoms with Crippen molar-refractivity contribution in [3.8, 4) is 0 Å². The molecule has 0 bridgehead atoms. The van der Waals surface area contributed by atoms with Gasteiger partial charge in [0.2, 0.25) is 0 Å². The highest BCUT2D eigenvalue weighted by atomic mass is 35.5. The lowest BCUT2D eigenvalue weighted by molar-refractivity contribution is -0.199. The van der Waals surface area contributed by atoms with Crippen LogP contribution in [0.15, 0.2) is 23.6 Å². The van der Waals surface area contributed by atoms with Crippen molar-refractivity contribution in [1.82, 2.24) is 0 Å². The minimum atomic E-state index is -2.30. The summed E-state index contributed by atoms with van der Waals surface area (Å²) in [6.45, 7) is 3.78. The molecule has 0 saturated heterocycles. The Morgan fingerprint density at radius 3 is 2.55 bits per heavy atom. The zero-order valence-corrected chi connectivity index (χ0v) is 13.5. The smallest absolute Gasteiger partial charge is 0.386 e. The van der Waals surface area contributed by atoms with Crippen molar-refractivity contribution in [2.75, 3.05) is 13.2 Å². The van der Waals surface area contributed by atoms with Crippen LogP contribution in [-0.2, 0) is 23.8 Å². The summed E-state index contributed by atoms with van der Waals surface area (Å²) < 4.78 is 14.5. The fourth-order valence-corrected chi connectivity index (χ4v) is 1.85. The third-order valence-corrected chi connectivity index (χ3v) is 2.90. The zero-order chi connectivity index (χ0) is 15.9. The molecule has 1 unspecified atom stereocenters. The highest BCUT2D eigenvalue weighted by molar-refractivity contribution is 5.85. The monoisotopic (exact) mass is 335 g/mol. The van der Waals surface area contributed by atoms with Crippen molar-refractivity contribution in [3.05, 3.63) is 23.6 Å². The van der Waals surface area contributed by atoms with Crippen molar-refractivity contribution in [2.45, 2.75) is 38.9 Å². The lowest BCUT2D eigenvalue weighted by Crippen LogP contribution is -2.48. The highest BCUT2D eigenvalue weighted by Crippen LogP contribution is 2.27. The van der Waals surface area contributed by atoms with Crippen molar-refractivity contribution < 1.29 is 28.9 Å². The van der Waals surface area contributed by atoms with E-state index in [4.69, 9.17) is 19.9 Å². The SMILES string of the molecule is CCOC(=O)CCCC1=C(N)C(O)(C(=O)OCC)OC=C1.Cl. The molecule has 0 saturated carbocycles. The van der Waals surface area contributed by atoms with Crippen molar-refractivity contribution in [3.63, 3.8) is 0 Å². The van der Waals surface area contributed by atoms with Crippen molar-refractivity contribution in [2.24, 2.45) is 5.73 Å². The first-order valence-corrected chi connectivity index (χ1v) is 6.84. The molecule has 0 fully saturated rings. The average Bonchev–Trinajstić information content (AvgIpc) is 2.44. The molecule has 0 aromatic carbocycles. The number of halogens is 1. The quantitative estimate of drug-likeness (QED) is 0.672. The normalized spacial score (nSPS) is 20.0. The Morgan fingerprint density at radius 1 is 1.32 bits per heavy atom.